The molecule has 3 rings (SSSR count). The van der Waals surface area contributed by atoms with Crippen LogP contribution in [0, 0.1) is 0 Å². The summed E-state index contributed by atoms with van der Waals surface area (Å²) in [5, 5.41) is 0. The Bertz CT molecular complexity index is 802. The second kappa shape index (κ2) is 7.34. The van der Waals surface area contributed by atoms with E-state index in [1.165, 1.54) is 26.4 Å². The summed E-state index contributed by atoms with van der Waals surface area (Å²) in [7, 11) is 2.74. The van der Waals surface area contributed by atoms with Crippen molar-refractivity contribution in [2.75, 3.05) is 14.2 Å². The summed E-state index contributed by atoms with van der Waals surface area (Å²) in [6.45, 7) is 0. The number of carbonyl (C=O) groups excluding carboxylic acids is 2. The van der Waals surface area contributed by atoms with Gasteiger partial charge in [0.15, 0.2) is 0 Å². The van der Waals surface area contributed by atoms with Gasteiger partial charge in [-0.15, -0.1) is 0 Å². The largest absolute Gasteiger partial charge is 0.496 e. The first-order valence-electron chi connectivity index (χ1n) is 8.06. The lowest BCUT2D eigenvalue weighted by Crippen LogP contribution is -2.23. The molecule has 6 heteroatoms. The van der Waals surface area contributed by atoms with Crippen LogP contribution in [0.3, 0.4) is 0 Å². The SMILES string of the molecule is COC(=O)c1ccc(OC(=O)C2CCCc3ncccc32)cc1OC. The van der Waals surface area contributed by atoms with Gasteiger partial charge in [0.05, 0.1) is 20.1 Å². The van der Waals surface area contributed by atoms with Crippen molar-refractivity contribution >= 4 is 11.9 Å². The molecular formula is C19H19NO5. The van der Waals surface area contributed by atoms with Crippen LogP contribution in [0.4, 0.5) is 0 Å². The highest BCUT2D eigenvalue weighted by atomic mass is 16.5. The van der Waals surface area contributed by atoms with Crippen LogP contribution in [0.1, 0.15) is 40.4 Å². The van der Waals surface area contributed by atoms with Crippen molar-refractivity contribution < 1.29 is 23.8 Å². The normalized spacial score (nSPS) is 15.8. The number of hydrogen-bond acceptors (Lipinski definition) is 6. The van der Waals surface area contributed by atoms with Crippen LogP contribution in [-0.2, 0) is 16.0 Å². The molecule has 2 aromatic rings. The Kier molecular flexibility index (Phi) is 4.97. The van der Waals surface area contributed by atoms with Gasteiger partial charge in [-0.25, -0.2) is 4.79 Å². The van der Waals surface area contributed by atoms with Gasteiger partial charge in [-0.3, -0.25) is 9.78 Å². The number of aryl methyl sites for hydroxylation is 1. The topological polar surface area (TPSA) is 74.7 Å². The van der Waals surface area contributed by atoms with Gasteiger partial charge in [-0.05, 0) is 43.0 Å². The summed E-state index contributed by atoms with van der Waals surface area (Å²) < 4.78 is 15.4. The molecule has 0 radical (unpaired) electrons. The number of aromatic nitrogens is 1. The summed E-state index contributed by atoms with van der Waals surface area (Å²) in [6.07, 6.45) is 4.24. The van der Waals surface area contributed by atoms with E-state index in [2.05, 4.69) is 4.98 Å². The third kappa shape index (κ3) is 3.47. The van der Waals surface area contributed by atoms with Crippen molar-refractivity contribution in [2.45, 2.75) is 25.2 Å². The van der Waals surface area contributed by atoms with Crippen LogP contribution in [0.15, 0.2) is 36.5 Å². The molecule has 130 valence electrons. The average Bonchev–Trinajstić information content (AvgIpc) is 2.66. The summed E-state index contributed by atoms with van der Waals surface area (Å²) in [4.78, 5) is 28.7. The zero-order valence-electron chi connectivity index (χ0n) is 14.2. The first-order valence-corrected chi connectivity index (χ1v) is 8.06. The third-order valence-corrected chi connectivity index (χ3v) is 4.29. The molecule has 0 amide bonds. The van der Waals surface area contributed by atoms with Crippen molar-refractivity contribution in [1.29, 1.82) is 0 Å². The van der Waals surface area contributed by atoms with E-state index in [1.807, 2.05) is 12.1 Å². The molecule has 1 atom stereocenters. The van der Waals surface area contributed by atoms with E-state index < -0.39 is 5.97 Å². The smallest absolute Gasteiger partial charge is 0.341 e. The monoisotopic (exact) mass is 341 g/mol. The molecule has 1 unspecified atom stereocenters. The molecule has 0 N–H and O–H groups in total. The molecular weight excluding hydrogens is 322 g/mol. The first kappa shape index (κ1) is 17.0. The molecule has 0 bridgehead atoms. The van der Waals surface area contributed by atoms with Gasteiger partial charge in [0, 0.05) is 18.0 Å². The number of methoxy groups -OCH3 is 2. The van der Waals surface area contributed by atoms with Gasteiger partial charge in [-0.2, -0.15) is 0 Å². The maximum Gasteiger partial charge on any atom is 0.341 e. The average molecular weight is 341 g/mol. The van der Waals surface area contributed by atoms with E-state index in [9.17, 15) is 9.59 Å². The quantitative estimate of drug-likeness (QED) is 0.629. The number of carbonyl (C=O) groups is 2. The fourth-order valence-corrected chi connectivity index (χ4v) is 3.05. The number of fused-ring (bicyclic) bond motifs is 1. The maximum absolute atomic E-state index is 12.6. The minimum absolute atomic E-state index is 0.275. The Balaban J connectivity index is 1.81. The fraction of sp³-hybridized carbons (Fsp3) is 0.316. The van der Waals surface area contributed by atoms with Gasteiger partial charge in [0.2, 0.25) is 0 Å². The molecule has 0 saturated heterocycles. The predicted octanol–water partition coefficient (Wildman–Crippen LogP) is 2.90. The van der Waals surface area contributed by atoms with E-state index >= 15 is 0 Å². The second-order valence-corrected chi connectivity index (χ2v) is 5.76. The molecule has 0 saturated carbocycles. The predicted molar refractivity (Wildman–Crippen MR) is 89.9 cm³/mol. The van der Waals surface area contributed by atoms with Gasteiger partial charge >= 0.3 is 11.9 Å². The van der Waals surface area contributed by atoms with Crippen LogP contribution >= 0.6 is 0 Å². The molecule has 25 heavy (non-hydrogen) atoms. The van der Waals surface area contributed by atoms with Crippen molar-refractivity contribution in [1.82, 2.24) is 4.98 Å². The Hall–Kier alpha value is -2.89. The van der Waals surface area contributed by atoms with Gasteiger partial charge < -0.3 is 14.2 Å². The molecule has 1 heterocycles. The number of rotatable bonds is 4. The molecule has 1 aromatic carbocycles. The summed E-state index contributed by atoms with van der Waals surface area (Å²) in [5.41, 5.74) is 2.16. The van der Waals surface area contributed by atoms with Gasteiger partial charge in [0.1, 0.15) is 17.1 Å². The molecule has 1 aliphatic rings. The van der Waals surface area contributed by atoms with Crippen LogP contribution in [-0.4, -0.2) is 31.1 Å². The molecule has 0 fully saturated rings. The van der Waals surface area contributed by atoms with Gasteiger partial charge in [0.25, 0.3) is 0 Å². The number of benzene rings is 1. The third-order valence-electron chi connectivity index (χ3n) is 4.29. The Morgan fingerprint density at radius 3 is 2.80 bits per heavy atom. The van der Waals surface area contributed by atoms with E-state index in [0.717, 1.165) is 30.5 Å². The zero-order chi connectivity index (χ0) is 17.8. The highest BCUT2D eigenvalue weighted by Gasteiger charge is 2.29. The Labute approximate surface area is 145 Å². The van der Waals surface area contributed by atoms with Crippen molar-refractivity contribution in [3.05, 3.63) is 53.3 Å². The van der Waals surface area contributed by atoms with Crippen molar-refractivity contribution in [2.24, 2.45) is 0 Å². The standard InChI is InChI=1S/C19H19NO5/c1-23-17-11-12(8-9-15(17)18(21)24-2)25-19(22)14-5-3-7-16-13(14)6-4-10-20-16/h4,6,8-11,14H,3,5,7H2,1-2H3. The Morgan fingerprint density at radius 2 is 2.04 bits per heavy atom. The van der Waals surface area contributed by atoms with Crippen LogP contribution in [0.5, 0.6) is 11.5 Å². The zero-order valence-corrected chi connectivity index (χ0v) is 14.2. The van der Waals surface area contributed by atoms with Crippen LogP contribution < -0.4 is 9.47 Å². The highest BCUT2D eigenvalue weighted by Crippen LogP contribution is 2.32. The molecule has 1 aromatic heterocycles. The van der Waals surface area contributed by atoms with E-state index in [1.54, 1.807) is 12.3 Å². The number of ether oxygens (including phenoxy) is 3. The molecule has 0 aliphatic heterocycles. The number of hydrogen-bond donors (Lipinski definition) is 0. The first-order chi connectivity index (χ1) is 12.1. The van der Waals surface area contributed by atoms with Crippen molar-refractivity contribution in [3.8, 4) is 11.5 Å². The van der Waals surface area contributed by atoms with Crippen LogP contribution in [0.2, 0.25) is 0 Å². The number of nitrogens with zero attached hydrogens (tertiary/aromatic N) is 1. The second-order valence-electron chi connectivity index (χ2n) is 5.76. The molecule has 6 nitrogen and oxygen atoms in total. The van der Waals surface area contributed by atoms with Crippen molar-refractivity contribution in [3.63, 3.8) is 0 Å². The van der Waals surface area contributed by atoms with Crippen LogP contribution in [0.25, 0.3) is 0 Å². The molecule has 1 aliphatic carbocycles. The summed E-state index contributed by atoms with van der Waals surface area (Å²) >= 11 is 0. The number of esters is 2. The molecule has 0 spiro atoms. The highest BCUT2D eigenvalue weighted by molar-refractivity contribution is 5.93. The van der Waals surface area contributed by atoms with E-state index in [0.29, 0.717) is 11.5 Å². The maximum atomic E-state index is 12.6. The van der Waals surface area contributed by atoms with Gasteiger partial charge in [-0.1, -0.05) is 6.07 Å². The van der Waals surface area contributed by atoms with E-state index in [4.69, 9.17) is 14.2 Å². The minimum Gasteiger partial charge on any atom is -0.496 e. The van der Waals surface area contributed by atoms with E-state index in [-0.39, 0.29) is 17.5 Å². The Morgan fingerprint density at radius 1 is 1.20 bits per heavy atom. The summed E-state index contributed by atoms with van der Waals surface area (Å²) in [6, 6.07) is 8.34. The lowest BCUT2D eigenvalue weighted by molar-refractivity contribution is -0.136. The number of pyridine rings is 1. The fourth-order valence-electron chi connectivity index (χ4n) is 3.05. The minimum atomic E-state index is -0.512. The lowest BCUT2D eigenvalue weighted by Gasteiger charge is -2.23. The lowest BCUT2D eigenvalue weighted by atomic mass is 9.86. The summed E-state index contributed by atoms with van der Waals surface area (Å²) in [5.74, 6) is -0.555.